The summed E-state index contributed by atoms with van der Waals surface area (Å²) in [4.78, 5) is 0. The second-order valence-electron chi connectivity index (χ2n) is 5.46. The van der Waals surface area contributed by atoms with Crippen LogP contribution in [0.15, 0.2) is 10.7 Å². The maximum absolute atomic E-state index is 5.82. The van der Waals surface area contributed by atoms with Gasteiger partial charge < -0.3 is 0 Å². The first kappa shape index (κ1) is 14.0. The van der Waals surface area contributed by atoms with E-state index >= 15 is 0 Å². The van der Waals surface area contributed by atoms with E-state index in [-0.39, 0.29) is 6.04 Å². The molecule has 0 spiro atoms. The summed E-state index contributed by atoms with van der Waals surface area (Å²) in [5.74, 6) is 6.44. The molecule has 5 heteroatoms. The van der Waals surface area contributed by atoms with Gasteiger partial charge in [-0.25, -0.2) is 0 Å². The molecule has 0 aromatic carbocycles. The van der Waals surface area contributed by atoms with Crippen molar-refractivity contribution in [2.24, 2.45) is 11.8 Å². The van der Waals surface area contributed by atoms with Gasteiger partial charge in [0.2, 0.25) is 0 Å². The number of nitrogens with one attached hydrogen (secondary N) is 1. The number of nitrogens with zero attached hydrogens (tertiary/aromatic N) is 2. The van der Waals surface area contributed by atoms with Crippen LogP contribution in [0.2, 0.25) is 0 Å². The van der Waals surface area contributed by atoms with E-state index in [4.69, 9.17) is 5.84 Å². The molecule has 1 aliphatic rings. The van der Waals surface area contributed by atoms with Crippen molar-refractivity contribution < 1.29 is 0 Å². The van der Waals surface area contributed by atoms with E-state index in [0.717, 1.165) is 4.47 Å². The Balaban J connectivity index is 2.28. The molecule has 1 aromatic heterocycles. The van der Waals surface area contributed by atoms with Crippen LogP contribution in [0.5, 0.6) is 0 Å². The van der Waals surface area contributed by atoms with E-state index in [1.165, 1.54) is 37.8 Å². The van der Waals surface area contributed by atoms with E-state index in [9.17, 15) is 0 Å². The number of hydrogen-bond acceptors (Lipinski definition) is 3. The SMILES string of the molecule is CC(C)n1ncc(Br)c1C(NN)C1CCCCC1. The lowest BCUT2D eigenvalue weighted by Crippen LogP contribution is -2.36. The van der Waals surface area contributed by atoms with Crippen LogP contribution >= 0.6 is 15.9 Å². The van der Waals surface area contributed by atoms with Crippen LogP contribution in [0.4, 0.5) is 0 Å². The highest BCUT2D eigenvalue weighted by Gasteiger charge is 2.29. The Kier molecular flexibility index (Phi) is 4.81. The Morgan fingerprint density at radius 1 is 1.39 bits per heavy atom. The first-order valence-corrected chi connectivity index (χ1v) is 7.63. The Morgan fingerprint density at radius 3 is 2.61 bits per heavy atom. The van der Waals surface area contributed by atoms with Gasteiger partial charge in [0.1, 0.15) is 0 Å². The fraction of sp³-hybridized carbons (Fsp3) is 0.769. The fourth-order valence-corrected chi connectivity index (χ4v) is 3.48. The van der Waals surface area contributed by atoms with Crippen molar-refractivity contribution in [2.75, 3.05) is 0 Å². The summed E-state index contributed by atoms with van der Waals surface area (Å²) >= 11 is 3.61. The highest BCUT2D eigenvalue weighted by Crippen LogP contribution is 2.37. The van der Waals surface area contributed by atoms with Crippen molar-refractivity contribution in [3.63, 3.8) is 0 Å². The summed E-state index contributed by atoms with van der Waals surface area (Å²) in [6, 6.07) is 0.551. The maximum Gasteiger partial charge on any atom is 0.0715 e. The van der Waals surface area contributed by atoms with Gasteiger partial charge in [0.25, 0.3) is 0 Å². The van der Waals surface area contributed by atoms with Gasteiger partial charge in [0.05, 0.1) is 22.4 Å². The monoisotopic (exact) mass is 314 g/mol. The summed E-state index contributed by atoms with van der Waals surface area (Å²) in [5, 5.41) is 4.45. The van der Waals surface area contributed by atoms with E-state index in [1.54, 1.807) is 0 Å². The van der Waals surface area contributed by atoms with Gasteiger partial charge in [-0.1, -0.05) is 19.3 Å². The molecule has 4 nitrogen and oxygen atoms in total. The average molecular weight is 315 g/mol. The lowest BCUT2D eigenvalue weighted by atomic mass is 9.83. The van der Waals surface area contributed by atoms with Crippen LogP contribution in [0, 0.1) is 5.92 Å². The van der Waals surface area contributed by atoms with Crippen molar-refractivity contribution in [1.82, 2.24) is 15.2 Å². The minimum atomic E-state index is 0.199. The quantitative estimate of drug-likeness (QED) is 0.662. The number of rotatable bonds is 4. The molecule has 0 bridgehead atoms. The second kappa shape index (κ2) is 6.17. The van der Waals surface area contributed by atoms with Gasteiger partial charge in [-0.15, -0.1) is 0 Å². The standard InChI is InChI=1S/C13H23BrN4/c1-9(2)18-13(11(14)8-16-18)12(17-15)10-6-4-3-5-7-10/h8-10,12,17H,3-7,15H2,1-2H3. The second-order valence-corrected chi connectivity index (χ2v) is 6.31. The van der Waals surface area contributed by atoms with Crippen molar-refractivity contribution in [2.45, 2.75) is 58.0 Å². The van der Waals surface area contributed by atoms with Crippen molar-refractivity contribution in [3.8, 4) is 0 Å². The third-order valence-electron chi connectivity index (χ3n) is 3.87. The largest absolute Gasteiger partial charge is 0.271 e. The molecule has 0 radical (unpaired) electrons. The maximum atomic E-state index is 5.82. The smallest absolute Gasteiger partial charge is 0.0715 e. The van der Waals surface area contributed by atoms with Crippen molar-refractivity contribution >= 4 is 15.9 Å². The van der Waals surface area contributed by atoms with E-state index in [2.05, 4.69) is 45.0 Å². The lowest BCUT2D eigenvalue weighted by Gasteiger charge is -2.31. The highest BCUT2D eigenvalue weighted by atomic mass is 79.9. The molecule has 1 aliphatic carbocycles. The Hall–Kier alpha value is -0.390. The molecule has 3 N–H and O–H groups in total. The summed E-state index contributed by atoms with van der Waals surface area (Å²) in [6.45, 7) is 4.30. The number of hydrazine groups is 1. The third-order valence-corrected chi connectivity index (χ3v) is 4.48. The highest BCUT2D eigenvalue weighted by molar-refractivity contribution is 9.10. The number of halogens is 1. The molecule has 1 aromatic rings. The number of hydrogen-bond donors (Lipinski definition) is 2. The predicted octanol–water partition coefficient (Wildman–Crippen LogP) is 3.31. The average Bonchev–Trinajstić information content (AvgIpc) is 2.74. The van der Waals surface area contributed by atoms with Gasteiger partial charge >= 0.3 is 0 Å². The molecule has 0 saturated heterocycles. The summed E-state index contributed by atoms with van der Waals surface area (Å²) in [7, 11) is 0. The van der Waals surface area contributed by atoms with Crippen molar-refractivity contribution in [1.29, 1.82) is 0 Å². The summed E-state index contributed by atoms with van der Waals surface area (Å²) < 4.78 is 3.13. The minimum absolute atomic E-state index is 0.199. The van der Waals surface area contributed by atoms with E-state index in [0.29, 0.717) is 12.0 Å². The Morgan fingerprint density at radius 2 is 2.06 bits per heavy atom. The zero-order valence-electron chi connectivity index (χ0n) is 11.2. The molecule has 102 valence electrons. The third kappa shape index (κ3) is 2.78. The molecule has 0 aliphatic heterocycles. The predicted molar refractivity (Wildman–Crippen MR) is 77.0 cm³/mol. The molecular weight excluding hydrogens is 292 g/mol. The summed E-state index contributed by atoms with van der Waals surface area (Å²) in [6.07, 6.45) is 8.38. The first-order valence-electron chi connectivity index (χ1n) is 6.84. The minimum Gasteiger partial charge on any atom is -0.271 e. The van der Waals surface area contributed by atoms with Crippen LogP contribution < -0.4 is 11.3 Å². The van der Waals surface area contributed by atoms with Crippen LogP contribution in [-0.2, 0) is 0 Å². The zero-order valence-corrected chi connectivity index (χ0v) is 12.8. The zero-order chi connectivity index (χ0) is 13.1. The topological polar surface area (TPSA) is 55.9 Å². The van der Waals surface area contributed by atoms with Gasteiger partial charge in [0, 0.05) is 6.04 Å². The number of nitrogens with two attached hydrogens (primary N) is 1. The van der Waals surface area contributed by atoms with E-state index < -0.39 is 0 Å². The van der Waals surface area contributed by atoms with Crippen LogP contribution in [-0.4, -0.2) is 9.78 Å². The lowest BCUT2D eigenvalue weighted by molar-refractivity contribution is 0.259. The summed E-state index contributed by atoms with van der Waals surface area (Å²) in [5.41, 5.74) is 4.21. The molecule has 18 heavy (non-hydrogen) atoms. The fourth-order valence-electron chi connectivity index (χ4n) is 2.96. The number of aromatic nitrogens is 2. The molecule has 1 fully saturated rings. The first-order chi connectivity index (χ1) is 8.65. The molecule has 1 atom stereocenters. The Bertz CT molecular complexity index is 382. The van der Waals surface area contributed by atoms with Gasteiger partial charge in [-0.05, 0) is 48.5 Å². The normalized spacial score (nSPS) is 19.4. The molecule has 1 heterocycles. The molecule has 1 unspecified atom stereocenters. The van der Waals surface area contributed by atoms with Crippen LogP contribution in [0.3, 0.4) is 0 Å². The van der Waals surface area contributed by atoms with Crippen LogP contribution in [0.1, 0.15) is 63.7 Å². The molecule has 2 rings (SSSR count). The Labute approximate surface area is 117 Å². The van der Waals surface area contributed by atoms with Gasteiger partial charge in [0.15, 0.2) is 0 Å². The van der Waals surface area contributed by atoms with Crippen LogP contribution in [0.25, 0.3) is 0 Å². The molecular formula is C13H23BrN4. The molecule has 0 amide bonds. The molecule has 1 saturated carbocycles. The van der Waals surface area contributed by atoms with E-state index in [1.807, 2.05) is 6.20 Å². The van der Waals surface area contributed by atoms with Crippen molar-refractivity contribution in [3.05, 3.63) is 16.4 Å². The van der Waals surface area contributed by atoms with Gasteiger partial charge in [-0.3, -0.25) is 16.0 Å². The van der Waals surface area contributed by atoms with Gasteiger partial charge in [-0.2, -0.15) is 5.10 Å².